The molecule has 2 amide bonds. The molecule has 0 bridgehead atoms. The molecule has 2 heterocycles. The fourth-order valence-corrected chi connectivity index (χ4v) is 5.34. The highest BCUT2D eigenvalue weighted by molar-refractivity contribution is 6.09. The molecule has 2 aliphatic carbocycles. The van der Waals surface area contributed by atoms with Gasteiger partial charge in [0.25, 0.3) is 5.91 Å². The first-order valence-electron chi connectivity index (χ1n) is 13.2. The Morgan fingerprint density at radius 3 is 2.66 bits per heavy atom. The number of fused-ring (bicyclic) bond motifs is 1. The van der Waals surface area contributed by atoms with Crippen molar-refractivity contribution < 1.29 is 23.8 Å². The van der Waals surface area contributed by atoms with E-state index in [0.29, 0.717) is 71.1 Å². The van der Waals surface area contributed by atoms with Crippen molar-refractivity contribution in [3.8, 4) is 17.0 Å². The number of halogens is 1. The average Bonchev–Trinajstić information content (AvgIpc) is 3.66. The highest BCUT2D eigenvalue weighted by Crippen LogP contribution is 2.39. The number of aryl methyl sites for hydroxylation is 2. The van der Waals surface area contributed by atoms with Crippen molar-refractivity contribution in [2.75, 3.05) is 13.2 Å². The van der Waals surface area contributed by atoms with Crippen LogP contribution in [0.25, 0.3) is 22.3 Å². The number of aliphatic hydroxyl groups excluding tert-OH is 1. The smallest absolute Gasteiger partial charge is 0.255 e. The van der Waals surface area contributed by atoms with Crippen molar-refractivity contribution >= 4 is 22.8 Å². The molecule has 5 rings (SSSR count). The van der Waals surface area contributed by atoms with Crippen molar-refractivity contribution in [1.82, 2.24) is 25.6 Å². The zero-order chi connectivity index (χ0) is 27.0. The highest BCUT2D eigenvalue weighted by Gasteiger charge is 2.31. The van der Waals surface area contributed by atoms with Gasteiger partial charge in [0.1, 0.15) is 35.7 Å². The SMILES string of the molecule is Cc1ccc(OCC2CC2)c(-c2ncnc3c(C(=O)N[C@@H]4CC[C@H](NC(=O)CO)[C@H](C)C4)c(C)[nH]c23)c1F. The number of nitrogens with zero attached hydrogens (tertiary/aromatic N) is 2. The van der Waals surface area contributed by atoms with E-state index in [1.807, 2.05) is 6.92 Å². The molecule has 202 valence electrons. The standard InChI is InChI=1S/C28H34FN5O4/c1-14-4-9-20(38-12-17-5-6-17)23(24(14)29)26-27-25(30-13-31-26)22(16(3)32-27)28(37)33-18-7-8-19(15(2)10-18)34-21(36)11-35/h4,9,13,15,17-19,32,35H,5-8,10-12H2,1-3H3,(H,33,37)(H,34,36)/t15-,18-,19+/m1/s1. The number of benzene rings is 1. The Morgan fingerprint density at radius 2 is 1.95 bits per heavy atom. The van der Waals surface area contributed by atoms with Crippen LogP contribution >= 0.6 is 0 Å². The Hall–Kier alpha value is -3.53. The number of carbonyl (C=O) groups is 2. The quantitative estimate of drug-likeness (QED) is 0.357. The number of carbonyl (C=O) groups excluding carboxylic acids is 2. The predicted octanol–water partition coefficient (Wildman–Crippen LogP) is 3.57. The Morgan fingerprint density at radius 1 is 1.16 bits per heavy atom. The van der Waals surface area contributed by atoms with Crippen LogP contribution in [0.4, 0.5) is 4.39 Å². The van der Waals surface area contributed by atoms with Crippen LogP contribution in [0.1, 0.15) is 60.6 Å². The number of aliphatic hydroxyl groups is 1. The summed E-state index contributed by atoms with van der Waals surface area (Å²) >= 11 is 0. The Kier molecular flexibility index (Phi) is 7.34. The molecule has 0 unspecified atom stereocenters. The van der Waals surface area contributed by atoms with Gasteiger partial charge in [0, 0.05) is 17.8 Å². The Labute approximate surface area is 220 Å². The molecule has 9 nitrogen and oxygen atoms in total. The third kappa shape index (κ3) is 5.22. The minimum atomic E-state index is -0.534. The topological polar surface area (TPSA) is 129 Å². The third-order valence-electron chi connectivity index (χ3n) is 7.70. The summed E-state index contributed by atoms with van der Waals surface area (Å²) < 4.78 is 21.5. The van der Waals surface area contributed by atoms with E-state index >= 15 is 4.39 Å². The van der Waals surface area contributed by atoms with Crippen LogP contribution < -0.4 is 15.4 Å². The molecule has 10 heteroatoms. The molecule has 0 radical (unpaired) electrons. The maximum Gasteiger partial charge on any atom is 0.255 e. The first kappa shape index (κ1) is 26.1. The molecule has 2 saturated carbocycles. The van der Waals surface area contributed by atoms with Crippen LogP contribution in [0.5, 0.6) is 5.75 Å². The van der Waals surface area contributed by atoms with Gasteiger partial charge < -0.3 is 25.5 Å². The number of hydrogen-bond acceptors (Lipinski definition) is 6. The predicted molar refractivity (Wildman–Crippen MR) is 140 cm³/mol. The van der Waals surface area contributed by atoms with E-state index in [9.17, 15) is 9.59 Å². The zero-order valence-corrected chi connectivity index (χ0v) is 21.9. The molecule has 38 heavy (non-hydrogen) atoms. The second-order valence-electron chi connectivity index (χ2n) is 10.7. The molecule has 3 atom stereocenters. The number of aromatic nitrogens is 3. The van der Waals surface area contributed by atoms with Gasteiger partial charge in [-0.1, -0.05) is 13.0 Å². The maximum absolute atomic E-state index is 15.5. The summed E-state index contributed by atoms with van der Waals surface area (Å²) in [5.74, 6) is 0.0157. The fourth-order valence-electron chi connectivity index (χ4n) is 5.34. The van der Waals surface area contributed by atoms with Gasteiger partial charge in [-0.15, -0.1) is 0 Å². The van der Waals surface area contributed by atoms with Crippen LogP contribution in [0.3, 0.4) is 0 Å². The van der Waals surface area contributed by atoms with Gasteiger partial charge in [0.2, 0.25) is 5.91 Å². The lowest BCUT2D eigenvalue weighted by Crippen LogP contribution is -2.48. The maximum atomic E-state index is 15.5. The zero-order valence-electron chi connectivity index (χ0n) is 21.9. The minimum absolute atomic E-state index is 0.0338. The van der Waals surface area contributed by atoms with Crippen molar-refractivity contribution in [2.45, 2.75) is 65.0 Å². The van der Waals surface area contributed by atoms with Crippen LogP contribution in [-0.4, -0.2) is 57.2 Å². The summed E-state index contributed by atoms with van der Waals surface area (Å²) in [6, 6.07) is 3.37. The molecule has 3 aromatic rings. The van der Waals surface area contributed by atoms with Crippen LogP contribution in [0.15, 0.2) is 18.5 Å². The summed E-state index contributed by atoms with van der Waals surface area (Å²) in [6.45, 7) is 5.52. The summed E-state index contributed by atoms with van der Waals surface area (Å²) in [6.07, 6.45) is 5.68. The van der Waals surface area contributed by atoms with Crippen molar-refractivity contribution in [2.24, 2.45) is 11.8 Å². The van der Waals surface area contributed by atoms with Gasteiger partial charge >= 0.3 is 0 Å². The number of rotatable bonds is 8. The number of H-pyrrole nitrogens is 1. The number of hydrogen-bond donors (Lipinski definition) is 4. The summed E-state index contributed by atoms with van der Waals surface area (Å²) in [5.41, 5.74) is 3.04. The lowest BCUT2D eigenvalue weighted by atomic mass is 9.82. The van der Waals surface area contributed by atoms with E-state index in [4.69, 9.17) is 9.84 Å². The molecular weight excluding hydrogens is 489 g/mol. The third-order valence-corrected chi connectivity index (χ3v) is 7.70. The summed E-state index contributed by atoms with van der Waals surface area (Å²) in [4.78, 5) is 37.1. The van der Waals surface area contributed by atoms with Gasteiger partial charge in [-0.05, 0) is 69.4 Å². The van der Waals surface area contributed by atoms with Crippen molar-refractivity contribution in [1.29, 1.82) is 0 Å². The van der Waals surface area contributed by atoms with E-state index in [1.165, 1.54) is 6.33 Å². The van der Waals surface area contributed by atoms with Crippen molar-refractivity contribution in [3.63, 3.8) is 0 Å². The first-order chi connectivity index (χ1) is 18.3. The number of nitrogens with one attached hydrogen (secondary N) is 3. The second-order valence-corrected chi connectivity index (χ2v) is 10.7. The molecule has 0 saturated heterocycles. The lowest BCUT2D eigenvalue weighted by Gasteiger charge is -2.34. The first-order valence-corrected chi connectivity index (χ1v) is 13.2. The van der Waals surface area contributed by atoms with Crippen LogP contribution in [-0.2, 0) is 4.79 Å². The van der Waals surface area contributed by atoms with Crippen LogP contribution in [0.2, 0.25) is 0 Å². The van der Waals surface area contributed by atoms with Gasteiger partial charge in [-0.25, -0.2) is 14.4 Å². The molecule has 2 aliphatic rings. The fraction of sp³-hybridized carbons (Fsp3) is 0.500. The highest BCUT2D eigenvalue weighted by atomic mass is 19.1. The molecular formula is C28H34FN5O4. The van der Waals surface area contributed by atoms with E-state index < -0.39 is 12.4 Å². The number of amides is 2. The molecule has 4 N–H and O–H groups in total. The molecule has 0 aliphatic heterocycles. The molecule has 0 spiro atoms. The summed E-state index contributed by atoms with van der Waals surface area (Å²) in [7, 11) is 0. The van der Waals surface area contributed by atoms with Gasteiger partial charge in [-0.3, -0.25) is 9.59 Å². The van der Waals surface area contributed by atoms with Gasteiger partial charge in [0.05, 0.1) is 23.3 Å². The van der Waals surface area contributed by atoms with Crippen LogP contribution in [0, 0.1) is 31.5 Å². The molecule has 2 fully saturated rings. The minimum Gasteiger partial charge on any atom is -0.492 e. The van der Waals surface area contributed by atoms with E-state index in [-0.39, 0.29) is 35.4 Å². The monoisotopic (exact) mass is 523 g/mol. The largest absolute Gasteiger partial charge is 0.492 e. The van der Waals surface area contributed by atoms with E-state index in [0.717, 1.165) is 12.8 Å². The number of aromatic amines is 1. The number of ether oxygens (including phenoxy) is 1. The summed E-state index contributed by atoms with van der Waals surface area (Å²) in [5, 5.41) is 15.0. The molecule has 2 aromatic heterocycles. The average molecular weight is 524 g/mol. The van der Waals surface area contributed by atoms with E-state index in [2.05, 4.69) is 25.6 Å². The Balaban J connectivity index is 1.41. The molecule has 1 aromatic carbocycles. The van der Waals surface area contributed by atoms with E-state index in [1.54, 1.807) is 26.0 Å². The Bertz CT molecular complexity index is 1370. The van der Waals surface area contributed by atoms with Gasteiger partial charge in [0.15, 0.2) is 0 Å². The normalized spacial score (nSPS) is 21.3. The second kappa shape index (κ2) is 10.7. The van der Waals surface area contributed by atoms with Gasteiger partial charge in [-0.2, -0.15) is 0 Å². The van der Waals surface area contributed by atoms with Crippen molar-refractivity contribution in [3.05, 3.63) is 41.1 Å². The lowest BCUT2D eigenvalue weighted by molar-refractivity contribution is -0.125.